The molecule has 154 valence electrons. The zero-order valence-electron chi connectivity index (χ0n) is 16.8. The number of unbranched alkanes of at least 4 members (excludes halogenated alkanes) is 1. The first kappa shape index (κ1) is 20.0. The molecule has 2 aliphatic rings. The highest BCUT2D eigenvalue weighted by molar-refractivity contribution is 6.33. The number of nitriles is 1. The fraction of sp³-hybridized carbons (Fsp3) is 0.571. The van der Waals surface area contributed by atoms with Crippen LogP contribution in [0.1, 0.15) is 68.4 Å². The lowest BCUT2D eigenvalue weighted by molar-refractivity contribution is 0.115. The molecule has 2 atom stereocenters. The summed E-state index contributed by atoms with van der Waals surface area (Å²) in [6.45, 7) is 5.78. The lowest BCUT2D eigenvalue weighted by Crippen LogP contribution is -2.38. The van der Waals surface area contributed by atoms with Gasteiger partial charge in [-0.25, -0.2) is 0 Å². The molecule has 2 unspecified atom stereocenters. The van der Waals surface area contributed by atoms with Crippen LogP contribution in [0.15, 0.2) is 17.0 Å². The van der Waals surface area contributed by atoms with E-state index in [2.05, 4.69) is 35.0 Å². The predicted octanol–water partition coefficient (Wildman–Crippen LogP) is 4.24. The topological polar surface area (TPSA) is 101 Å². The molecule has 1 fully saturated rings. The van der Waals surface area contributed by atoms with Gasteiger partial charge in [-0.1, -0.05) is 16.8 Å². The van der Waals surface area contributed by atoms with Crippen molar-refractivity contribution in [2.45, 2.75) is 63.5 Å². The van der Waals surface area contributed by atoms with Crippen molar-refractivity contribution >= 4 is 17.3 Å². The molecule has 7 nitrogen and oxygen atoms in total. The third kappa shape index (κ3) is 3.92. The molecule has 0 radical (unpaired) electrons. The van der Waals surface area contributed by atoms with E-state index < -0.39 is 0 Å². The molecule has 0 bridgehead atoms. The van der Waals surface area contributed by atoms with Gasteiger partial charge in [-0.05, 0) is 45.7 Å². The van der Waals surface area contributed by atoms with Crippen LogP contribution in [0.4, 0.5) is 5.69 Å². The molecular formula is C21H26ClN5O2. The molecule has 2 aliphatic heterocycles. The summed E-state index contributed by atoms with van der Waals surface area (Å²) in [6.07, 6.45) is 5.33. The largest absolute Gasteiger partial charge is 0.487 e. The van der Waals surface area contributed by atoms with Crippen LogP contribution in [0.2, 0.25) is 5.02 Å². The van der Waals surface area contributed by atoms with Gasteiger partial charge in [0.1, 0.15) is 11.4 Å². The van der Waals surface area contributed by atoms with Crippen molar-refractivity contribution in [3.63, 3.8) is 0 Å². The summed E-state index contributed by atoms with van der Waals surface area (Å²) in [6, 6.07) is 4.30. The number of nitrogen functional groups attached to an aromatic ring is 1. The van der Waals surface area contributed by atoms with Gasteiger partial charge in [-0.15, -0.1) is 0 Å². The number of benzene rings is 1. The van der Waals surface area contributed by atoms with Crippen LogP contribution >= 0.6 is 11.6 Å². The number of nitrogens with zero attached hydrogens (tertiary/aromatic N) is 4. The van der Waals surface area contributed by atoms with Gasteiger partial charge in [0, 0.05) is 36.4 Å². The Morgan fingerprint density at radius 2 is 2.24 bits per heavy atom. The molecule has 0 aliphatic carbocycles. The van der Waals surface area contributed by atoms with Crippen molar-refractivity contribution in [2.75, 3.05) is 18.8 Å². The van der Waals surface area contributed by atoms with E-state index in [0.717, 1.165) is 55.6 Å². The van der Waals surface area contributed by atoms with Gasteiger partial charge in [0.15, 0.2) is 5.82 Å². The number of nitrogens with two attached hydrogens (primary N) is 1. The quantitative estimate of drug-likeness (QED) is 0.575. The number of hydrogen-bond donors (Lipinski definition) is 1. The lowest BCUT2D eigenvalue weighted by atomic mass is 9.85. The van der Waals surface area contributed by atoms with Crippen LogP contribution < -0.4 is 10.5 Å². The molecule has 4 rings (SSSR count). The molecular weight excluding hydrogens is 390 g/mol. The van der Waals surface area contributed by atoms with Gasteiger partial charge in [0.25, 0.3) is 0 Å². The third-order valence-corrected chi connectivity index (χ3v) is 6.23. The van der Waals surface area contributed by atoms with Gasteiger partial charge in [0.05, 0.1) is 22.8 Å². The number of rotatable bonds is 5. The Bertz CT molecular complexity index is 922. The molecule has 1 aromatic heterocycles. The van der Waals surface area contributed by atoms with Crippen molar-refractivity contribution < 1.29 is 9.26 Å². The average molecular weight is 416 g/mol. The Morgan fingerprint density at radius 1 is 1.41 bits per heavy atom. The first-order valence-corrected chi connectivity index (χ1v) is 10.4. The van der Waals surface area contributed by atoms with E-state index in [1.54, 1.807) is 0 Å². The van der Waals surface area contributed by atoms with Gasteiger partial charge < -0.3 is 15.0 Å². The molecule has 0 amide bonds. The molecule has 2 N–H and O–H groups in total. The van der Waals surface area contributed by atoms with E-state index in [1.165, 1.54) is 6.39 Å². The summed E-state index contributed by atoms with van der Waals surface area (Å²) in [5, 5.41) is 13.6. The maximum absolute atomic E-state index is 8.94. The van der Waals surface area contributed by atoms with Crippen LogP contribution in [0.25, 0.3) is 0 Å². The van der Waals surface area contributed by atoms with Crippen LogP contribution in [0, 0.1) is 11.3 Å². The van der Waals surface area contributed by atoms with Gasteiger partial charge in [-0.3, -0.25) is 4.90 Å². The van der Waals surface area contributed by atoms with E-state index in [-0.39, 0.29) is 17.6 Å². The third-order valence-electron chi connectivity index (χ3n) is 5.92. The monoisotopic (exact) mass is 415 g/mol. The number of ether oxygens (including phenoxy) is 1. The summed E-state index contributed by atoms with van der Waals surface area (Å²) in [7, 11) is 0. The SMILES string of the molecule is CC1(C)Cc2c(N)c(Cl)cc(C3CCC(c4ncon4)N(CCCC#N)C3)c2O1. The number of aromatic nitrogens is 2. The van der Waals surface area contributed by atoms with Crippen LogP contribution in [-0.4, -0.2) is 33.7 Å². The molecule has 0 spiro atoms. The maximum atomic E-state index is 8.94. The second-order valence-corrected chi connectivity index (χ2v) is 8.95. The Kier molecular flexibility index (Phi) is 5.41. The minimum Gasteiger partial charge on any atom is -0.487 e. The fourth-order valence-corrected chi connectivity index (χ4v) is 4.81. The maximum Gasteiger partial charge on any atom is 0.213 e. The van der Waals surface area contributed by atoms with E-state index in [1.807, 2.05) is 6.07 Å². The number of halogens is 1. The zero-order valence-corrected chi connectivity index (χ0v) is 17.6. The van der Waals surface area contributed by atoms with Crippen molar-refractivity contribution in [3.05, 3.63) is 34.4 Å². The number of hydrogen-bond acceptors (Lipinski definition) is 7. The Labute approximate surface area is 175 Å². The highest BCUT2D eigenvalue weighted by atomic mass is 35.5. The summed E-state index contributed by atoms with van der Waals surface area (Å²) in [5.74, 6) is 1.87. The lowest BCUT2D eigenvalue weighted by Gasteiger charge is -2.39. The van der Waals surface area contributed by atoms with E-state index in [0.29, 0.717) is 23.0 Å². The highest BCUT2D eigenvalue weighted by Gasteiger charge is 2.39. The van der Waals surface area contributed by atoms with Gasteiger partial charge >= 0.3 is 0 Å². The number of anilines is 1. The normalized spacial score (nSPS) is 23.4. The first-order valence-electron chi connectivity index (χ1n) is 10.1. The Balaban J connectivity index is 1.63. The predicted molar refractivity (Wildman–Crippen MR) is 110 cm³/mol. The van der Waals surface area contributed by atoms with Crippen LogP contribution in [-0.2, 0) is 6.42 Å². The molecule has 1 aromatic carbocycles. The highest BCUT2D eigenvalue weighted by Crippen LogP contribution is 2.49. The van der Waals surface area contributed by atoms with Gasteiger partial charge in [0.2, 0.25) is 6.39 Å². The molecule has 3 heterocycles. The second-order valence-electron chi connectivity index (χ2n) is 8.54. The molecule has 8 heteroatoms. The first-order chi connectivity index (χ1) is 13.9. The van der Waals surface area contributed by atoms with Crippen molar-refractivity contribution in [3.8, 4) is 11.8 Å². The minimum atomic E-state index is -0.287. The van der Waals surface area contributed by atoms with Crippen molar-refractivity contribution in [1.29, 1.82) is 5.26 Å². The minimum absolute atomic E-state index is 0.0957. The van der Waals surface area contributed by atoms with Crippen LogP contribution in [0.3, 0.4) is 0 Å². The van der Waals surface area contributed by atoms with Crippen LogP contribution in [0.5, 0.6) is 5.75 Å². The number of fused-ring (bicyclic) bond motifs is 1. The number of likely N-dealkylation sites (tertiary alicyclic amines) is 1. The second kappa shape index (κ2) is 7.85. The van der Waals surface area contributed by atoms with E-state index >= 15 is 0 Å². The summed E-state index contributed by atoms with van der Waals surface area (Å²) in [4.78, 5) is 6.63. The van der Waals surface area contributed by atoms with Crippen molar-refractivity contribution in [2.24, 2.45) is 0 Å². The van der Waals surface area contributed by atoms with Gasteiger partial charge in [-0.2, -0.15) is 10.2 Å². The molecule has 1 saturated heterocycles. The summed E-state index contributed by atoms with van der Waals surface area (Å²) < 4.78 is 11.3. The standard InChI is InChI=1S/C21H26ClN5O2/c1-21(2)10-15-18(24)16(22)9-14(19(15)29-21)13-5-6-17(20-25-12-28-26-20)27(11-13)8-4-3-7-23/h9,12-13,17H,3-6,8,10-11,24H2,1-2H3. The zero-order chi connectivity index (χ0) is 20.6. The van der Waals surface area contributed by atoms with E-state index in [4.69, 9.17) is 31.9 Å². The molecule has 29 heavy (non-hydrogen) atoms. The summed E-state index contributed by atoms with van der Waals surface area (Å²) in [5.41, 5.74) is 8.76. The average Bonchev–Trinajstić information content (AvgIpc) is 3.32. The fourth-order valence-electron chi connectivity index (χ4n) is 4.58. The van der Waals surface area contributed by atoms with E-state index in [9.17, 15) is 0 Å². The van der Waals surface area contributed by atoms with Crippen molar-refractivity contribution in [1.82, 2.24) is 15.0 Å². The number of piperidine rings is 1. The Morgan fingerprint density at radius 3 is 2.97 bits per heavy atom. The molecule has 0 saturated carbocycles. The smallest absolute Gasteiger partial charge is 0.213 e. The Hall–Kier alpha value is -2.30. The molecule has 2 aromatic rings. The summed E-state index contributed by atoms with van der Waals surface area (Å²) >= 11 is 6.50.